The van der Waals surface area contributed by atoms with E-state index in [1.54, 1.807) is 0 Å². The molecule has 0 heterocycles. The summed E-state index contributed by atoms with van der Waals surface area (Å²) in [6.45, 7) is 4.67. The zero-order valence-corrected chi connectivity index (χ0v) is 9.52. The van der Waals surface area contributed by atoms with Gasteiger partial charge < -0.3 is 0 Å². The van der Waals surface area contributed by atoms with Crippen LogP contribution in [0.2, 0.25) is 0 Å². The number of unbranched alkanes of at least 4 members (excludes halogenated alkanes) is 3. The average Bonchev–Trinajstić information content (AvgIpc) is 2.60. The monoisotopic (exact) mass is 182 g/mol. The van der Waals surface area contributed by atoms with Crippen molar-refractivity contribution in [1.29, 1.82) is 0 Å². The SMILES string of the molecule is CCCCCCC1CCCC1CC. The molecule has 0 spiro atoms. The highest BCUT2D eigenvalue weighted by atomic mass is 14.3. The fourth-order valence-corrected chi connectivity index (χ4v) is 2.86. The van der Waals surface area contributed by atoms with Crippen molar-refractivity contribution in [1.82, 2.24) is 0 Å². The quantitative estimate of drug-likeness (QED) is 0.518. The van der Waals surface area contributed by atoms with E-state index in [1.807, 2.05) is 0 Å². The fourth-order valence-electron chi connectivity index (χ4n) is 2.86. The molecule has 2 atom stereocenters. The molecule has 1 rings (SSSR count). The Labute approximate surface area is 84.1 Å². The van der Waals surface area contributed by atoms with Gasteiger partial charge in [0.25, 0.3) is 0 Å². The van der Waals surface area contributed by atoms with Crippen LogP contribution in [0, 0.1) is 11.8 Å². The Kier molecular flexibility index (Phi) is 5.50. The Bertz CT molecular complexity index is 117. The number of hydrogen-bond donors (Lipinski definition) is 0. The lowest BCUT2D eigenvalue weighted by molar-refractivity contribution is 0.342. The van der Waals surface area contributed by atoms with Gasteiger partial charge in [0.05, 0.1) is 0 Å². The molecular weight excluding hydrogens is 156 g/mol. The zero-order valence-electron chi connectivity index (χ0n) is 9.52. The maximum atomic E-state index is 2.37. The van der Waals surface area contributed by atoms with Crippen LogP contribution in [-0.2, 0) is 0 Å². The van der Waals surface area contributed by atoms with Gasteiger partial charge in [0, 0.05) is 0 Å². The summed E-state index contributed by atoms with van der Waals surface area (Å²) in [4.78, 5) is 0. The maximum absolute atomic E-state index is 2.37. The molecule has 0 heteroatoms. The van der Waals surface area contributed by atoms with E-state index in [1.165, 1.54) is 57.8 Å². The third-order valence-electron chi connectivity index (χ3n) is 3.77. The first-order chi connectivity index (χ1) is 6.38. The van der Waals surface area contributed by atoms with Crippen molar-refractivity contribution in [3.8, 4) is 0 Å². The second-order valence-corrected chi connectivity index (χ2v) is 4.71. The van der Waals surface area contributed by atoms with Crippen molar-refractivity contribution >= 4 is 0 Å². The van der Waals surface area contributed by atoms with Gasteiger partial charge in [0.2, 0.25) is 0 Å². The average molecular weight is 182 g/mol. The summed E-state index contributed by atoms with van der Waals surface area (Å²) in [6.07, 6.45) is 13.3. The molecule has 0 aromatic rings. The molecular formula is C13H26. The van der Waals surface area contributed by atoms with E-state index < -0.39 is 0 Å². The predicted molar refractivity (Wildman–Crippen MR) is 59.9 cm³/mol. The summed E-state index contributed by atoms with van der Waals surface area (Å²) in [5, 5.41) is 0. The summed E-state index contributed by atoms with van der Waals surface area (Å²) in [5.41, 5.74) is 0. The molecule has 0 saturated heterocycles. The minimum absolute atomic E-state index is 1.08. The predicted octanol–water partition coefficient (Wildman–Crippen LogP) is 4.78. The Balaban J connectivity index is 2.06. The van der Waals surface area contributed by atoms with E-state index in [2.05, 4.69) is 13.8 Å². The third-order valence-corrected chi connectivity index (χ3v) is 3.77. The minimum atomic E-state index is 1.08. The molecule has 0 nitrogen and oxygen atoms in total. The Morgan fingerprint density at radius 1 is 0.923 bits per heavy atom. The van der Waals surface area contributed by atoms with E-state index in [4.69, 9.17) is 0 Å². The molecule has 0 aliphatic heterocycles. The van der Waals surface area contributed by atoms with Crippen molar-refractivity contribution in [2.45, 2.75) is 71.6 Å². The molecule has 0 aromatic heterocycles. The van der Waals surface area contributed by atoms with Crippen LogP contribution in [0.3, 0.4) is 0 Å². The van der Waals surface area contributed by atoms with Crippen molar-refractivity contribution in [3.05, 3.63) is 0 Å². The molecule has 0 bridgehead atoms. The van der Waals surface area contributed by atoms with E-state index in [-0.39, 0.29) is 0 Å². The minimum Gasteiger partial charge on any atom is -0.0654 e. The van der Waals surface area contributed by atoms with Gasteiger partial charge in [-0.15, -0.1) is 0 Å². The molecule has 78 valence electrons. The van der Waals surface area contributed by atoms with E-state index >= 15 is 0 Å². The molecule has 0 aromatic carbocycles. The molecule has 1 aliphatic rings. The first kappa shape index (κ1) is 11.1. The van der Waals surface area contributed by atoms with Crippen molar-refractivity contribution < 1.29 is 0 Å². The summed E-state index contributed by atoms with van der Waals surface area (Å²) in [7, 11) is 0. The largest absolute Gasteiger partial charge is 0.0654 e. The number of hydrogen-bond acceptors (Lipinski definition) is 0. The smallest absolute Gasteiger partial charge is 0.0386 e. The van der Waals surface area contributed by atoms with E-state index in [0.717, 1.165) is 11.8 Å². The van der Waals surface area contributed by atoms with Crippen molar-refractivity contribution in [2.24, 2.45) is 11.8 Å². The topological polar surface area (TPSA) is 0 Å². The van der Waals surface area contributed by atoms with Gasteiger partial charge >= 0.3 is 0 Å². The van der Waals surface area contributed by atoms with Gasteiger partial charge in [0.1, 0.15) is 0 Å². The molecule has 1 saturated carbocycles. The van der Waals surface area contributed by atoms with Crippen LogP contribution in [0.4, 0.5) is 0 Å². The van der Waals surface area contributed by atoms with Gasteiger partial charge in [-0.1, -0.05) is 71.6 Å². The molecule has 0 radical (unpaired) electrons. The van der Waals surface area contributed by atoms with E-state index in [9.17, 15) is 0 Å². The summed E-state index contributed by atoms with van der Waals surface area (Å²) >= 11 is 0. The maximum Gasteiger partial charge on any atom is -0.0386 e. The molecule has 1 aliphatic carbocycles. The lowest BCUT2D eigenvalue weighted by Gasteiger charge is -2.17. The van der Waals surface area contributed by atoms with Crippen LogP contribution in [0.5, 0.6) is 0 Å². The normalized spacial score (nSPS) is 28.2. The Morgan fingerprint density at radius 3 is 2.38 bits per heavy atom. The summed E-state index contributed by atoms with van der Waals surface area (Å²) in [5.74, 6) is 2.18. The first-order valence-electron chi connectivity index (χ1n) is 6.38. The van der Waals surface area contributed by atoms with Crippen LogP contribution >= 0.6 is 0 Å². The Morgan fingerprint density at radius 2 is 1.69 bits per heavy atom. The van der Waals surface area contributed by atoms with Crippen molar-refractivity contribution in [3.63, 3.8) is 0 Å². The highest BCUT2D eigenvalue weighted by molar-refractivity contribution is 4.76. The Hall–Kier alpha value is 0. The first-order valence-corrected chi connectivity index (χ1v) is 6.38. The van der Waals surface area contributed by atoms with Crippen LogP contribution in [0.15, 0.2) is 0 Å². The molecule has 1 fully saturated rings. The summed E-state index contributed by atoms with van der Waals surface area (Å²) < 4.78 is 0. The van der Waals surface area contributed by atoms with Crippen molar-refractivity contribution in [2.75, 3.05) is 0 Å². The molecule has 0 amide bonds. The van der Waals surface area contributed by atoms with Gasteiger partial charge in [-0.2, -0.15) is 0 Å². The van der Waals surface area contributed by atoms with Crippen LogP contribution in [-0.4, -0.2) is 0 Å². The van der Waals surface area contributed by atoms with Gasteiger partial charge in [-0.05, 0) is 11.8 Å². The molecule has 13 heavy (non-hydrogen) atoms. The highest BCUT2D eigenvalue weighted by Gasteiger charge is 2.24. The summed E-state index contributed by atoms with van der Waals surface area (Å²) in [6, 6.07) is 0. The molecule has 2 unspecified atom stereocenters. The van der Waals surface area contributed by atoms with Crippen LogP contribution in [0.1, 0.15) is 71.6 Å². The highest BCUT2D eigenvalue weighted by Crippen LogP contribution is 2.37. The second kappa shape index (κ2) is 6.45. The fraction of sp³-hybridized carbons (Fsp3) is 1.00. The van der Waals surface area contributed by atoms with Crippen LogP contribution < -0.4 is 0 Å². The number of rotatable bonds is 6. The zero-order chi connectivity index (χ0) is 9.52. The molecule has 0 N–H and O–H groups in total. The van der Waals surface area contributed by atoms with Gasteiger partial charge in [-0.3, -0.25) is 0 Å². The van der Waals surface area contributed by atoms with Gasteiger partial charge in [0.15, 0.2) is 0 Å². The lowest BCUT2D eigenvalue weighted by atomic mass is 9.89. The van der Waals surface area contributed by atoms with Crippen LogP contribution in [0.25, 0.3) is 0 Å². The third kappa shape index (κ3) is 3.70. The van der Waals surface area contributed by atoms with Gasteiger partial charge in [-0.25, -0.2) is 0 Å². The van der Waals surface area contributed by atoms with E-state index in [0.29, 0.717) is 0 Å². The second-order valence-electron chi connectivity index (χ2n) is 4.71. The standard InChI is InChI=1S/C13H26/c1-3-5-6-7-9-13-11-8-10-12(13)4-2/h12-13H,3-11H2,1-2H3. The lowest BCUT2D eigenvalue weighted by Crippen LogP contribution is -2.06.